The maximum atomic E-state index is 5.86. The highest BCUT2D eigenvalue weighted by Crippen LogP contribution is 2.20. The van der Waals surface area contributed by atoms with E-state index in [0.717, 1.165) is 41.6 Å². The summed E-state index contributed by atoms with van der Waals surface area (Å²) in [6, 6.07) is 15.8. The highest BCUT2D eigenvalue weighted by molar-refractivity contribution is 6.30. The number of ether oxygens (including phenoxy) is 1. The van der Waals surface area contributed by atoms with Crippen molar-refractivity contribution in [1.29, 1.82) is 0 Å². The Labute approximate surface area is 119 Å². The van der Waals surface area contributed by atoms with Crippen LogP contribution in [0.25, 0.3) is 0 Å². The van der Waals surface area contributed by atoms with Crippen molar-refractivity contribution in [2.75, 3.05) is 11.9 Å². The lowest BCUT2D eigenvalue weighted by atomic mass is 10.2. The average Bonchev–Trinajstić information content (AvgIpc) is 2.45. The maximum absolute atomic E-state index is 5.86. The summed E-state index contributed by atoms with van der Waals surface area (Å²) in [4.78, 5) is 0. The smallest absolute Gasteiger partial charge is 0.124 e. The second-order valence-corrected chi connectivity index (χ2v) is 4.75. The van der Waals surface area contributed by atoms with Gasteiger partial charge in [-0.25, -0.2) is 0 Å². The molecule has 0 fully saturated rings. The predicted octanol–water partition coefficient (Wildman–Crippen LogP) is 4.74. The summed E-state index contributed by atoms with van der Waals surface area (Å²) in [7, 11) is 0. The molecule has 0 aliphatic heterocycles. The number of hydrogen-bond donors (Lipinski definition) is 1. The third-order valence-electron chi connectivity index (χ3n) is 2.76. The minimum Gasteiger partial charge on any atom is -0.493 e. The number of benzene rings is 2. The second-order valence-electron chi connectivity index (χ2n) is 4.32. The molecule has 0 saturated heterocycles. The Bertz CT molecular complexity index is 510. The fraction of sp³-hybridized carbons (Fsp3) is 0.250. The van der Waals surface area contributed by atoms with Crippen LogP contribution >= 0.6 is 11.6 Å². The Hall–Kier alpha value is -1.67. The molecule has 0 heterocycles. The number of nitrogens with one attached hydrogen (secondary N) is 1. The van der Waals surface area contributed by atoms with Crippen LogP contribution in [0.3, 0.4) is 0 Å². The largest absolute Gasteiger partial charge is 0.493 e. The van der Waals surface area contributed by atoms with Crippen LogP contribution in [0.5, 0.6) is 5.75 Å². The second kappa shape index (κ2) is 7.05. The van der Waals surface area contributed by atoms with E-state index in [9.17, 15) is 0 Å². The molecule has 19 heavy (non-hydrogen) atoms. The molecule has 0 amide bonds. The number of rotatable bonds is 6. The van der Waals surface area contributed by atoms with Crippen molar-refractivity contribution in [3.8, 4) is 5.75 Å². The minimum absolute atomic E-state index is 0.738. The molecule has 0 spiro atoms. The predicted molar refractivity (Wildman–Crippen MR) is 81.0 cm³/mol. The Morgan fingerprint density at radius 3 is 2.53 bits per heavy atom. The van der Waals surface area contributed by atoms with Gasteiger partial charge in [-0.2, -0.15) is 0 Å². The molecule has 0 saturated carbocycles. The molecular formula is C16H18ClNO. The van der Waals surface area contributed by atoms with Crippen molar-refractivity contribution in [2.45, 2.75) is 19.9 Å². The maximum Gasteiger partial charge on any atom is 0.124 e. The Morgan fingerprint density at radius 2 is 1.79 bits per heavy atom. The molecule has 0 atom stereocenters. The molecular weight excluding hydrogens is 258 g/mol. The van der Waals surface area contributed by atoms with E-state index in [4.69, 9.17) is 16.3 Å². The summed E-state index contributed by atoms with van der Waals surface area (Å²) in [6.45, 7) is 3.59. The van der Waals surface area contributed by atoms with E-state index < -0.39 is 0 Å². The fourth-order valence-electron chi connectivity index (χ4n) is 1.77. The van der Waals surface area contributed by atoms with E-state index >= 15 is 0 Å². The monoisotopic (exact) mass is 275 g/mol. The van der Waals surface area contributed by atoms with E-state index in [1.807, 2.05) is 42.5 Å². The zero-order valence-corrected chi connectivity index (χ0v) is 11.8. The van der Waals surface area contributed by atoms with Crippen LogP contribution in [0, 0.1) is 0 Å². The standard InChI is InChI=1S/C16H18ClNO/c1-2-11-19-16-6-4-3-5-13(16)12-18-15-9-7-14(17)8-10-15/h3-10,18H,2,11-12H2,1H3. The first-order valence-electron chi connectivity index (χ1n) is 6.49. The number of halogens is 1. The van der Waals surface area contributed by atoms with Gasteiger partial charge in [-0.05, 0) is 36.8 Å². The third kappa shape index (κ3) is 4.18. The fourth-order valence-corrected chi connectivity index (χ4v) is 1.89. The number of anilines is 1. The van der Waals surface area contributed by atoms with Gasteiger partial charge >= 0.3 is 0 Å². The van der Waals surface area contributed by atoms with Crippen LogP contribution in [0.15, 0.2) is 48.5 Å². The SMILES string of the molecule is CCCOc1ccccc1CNc1ccc(Cl)cc1. The van der Waals surface area contributed by atoms with Gasteiger partial charge in [-0.15, -0.1) is 0 Å². The summed E-state index contributed by atoms with van der Waals surface area (Å²) in [5, 5.41) is 4.11. The van der Waals surface area contributed by atoms with Crippen molar-refractivity contribution < 1.29 is 4.74 Å². The molecule has 0 aliphatic carbocycles. The molecule has 0 unspecified atom stereocenters. The first-order chi connectivity index (χ1) is 9.29. The number of hydrogen-bond acceptors (Lipinski definition) is 2. The first-order valence-corrected chi connectivity index (χ1v) is 6.87. The Kier molecular flexibility index (Phi) is 5.10. The zero-order chi connectivity index (χ0) is 13.5. The van der Waals surface area contributed by atoms with Crippen molar-refractivity contribution in [3.63, 3.8) is 0 Å². The van der Waals surface area contributed by atoms with Gasteiger partial charge < -0.3 is 10.1 Å². The van der Waals surface area contributed by atoms with Crippen LogP contribution in [-0.4, -0.2) is 6.61 Å². The van der Waals surface area contributed by atoms with Crippen molar-refractivity contribution in [2.24, 2.45) is 0 Å². The van der Waals surface area contributed by atoms with E-state index in [2.05, 4.69) is 18.3 Å². The van der Waals surface area contributed by atoms with Gasteiger partial charge in [-0.3, -0.25) is 0 Å². The third-order valence-corrected chi connectivity index (χ3v) is 3.01. The highest BCUT2D eigenvalue weighted by Gasteiger charge is 2.02. The molecule has 0 aromatic heterocycles. The van der Waals surface area contributed by atoms with E-state index in [-0.39, 0.29) is 0 Å². The molecule has 2 aromatic carbocycles. The lowest BCUT2D eigenvalue weighted by Crippen LogP contribution is -2.03. The van der Waals surface area contributed by atoms with Gasteiger partial charge in [0, 0.05) is 22.8 Å². The van der Waals surface area contributed by atoms with E-state index in [1.165, 1.54) is 0 Å². The summed E-state index contributed by atoms with van der Waals surface area (Å²) in [6.07, 6.45) is 1.01. The molecule has 0 radical (unpaired) electrons. The van der Waals surface area contributed by atoms with Gasteiger partial charge in [0.2, 0.25) is 0 Å². The molecule has 2 aromatic rings. The lowest BCUT2D eigenvalue weighted by Gasteiger charge is -2.12. The van der Waals surface area contributed by atoms with E-state index in [1.54, 1.807) is 0 Å². The van der Waals surface area contributed by atoms with Crippen LogP contribution in [0.4, 0.5) is 5.69 Å². The van der Waals surface area contributed by atoms with E-state index in [0.29, 0.717) is 0 Å². The van der Waals surface area contributed by atoms with Gasteiger partial charge in [-0.1, -0.05) is 36.7 Å². The van der Waals surface area contributed by atoms with Crippen LogP contribution in [0.2, 0.25) is 5.02 Å². The molecule has 1 N–H and O–H groups in total. The normalized spacial score (nSPS) is 10.2. The average molecular weight is 276 g/mol. The van der Waals surface area contributed by atoms with Gasteiger partial charge in [0.1, 0.15) is 5.75 Å². The van der Waals surface area contributed by atoms with Gasteiger partial charge in [0.15, 0.2) is 0 Å². The summed E-state index contributed by atoms with van der Waals surface area (Å²) in [5.74, 6) is 0.950. The van der Waals surface area contributed by atoms with Crippen molar-refractivity contribution >= 4 is 17.3 Å². The first kappa shape index (κ1) is 13.8. The summed E-state index contributed by atoms with van der Waals surface area (Å²) in [5.41, 5.74) is 2.21. The quantitative estimate of drug-likeness (QED) is 0.822. The molecule has 0 bridgehead atoms. The molecule has 0 aliphatic rings. The Morgan fingerprint density at radius 1 is 1.05 bits per heavy atom. The topological polar surface area (TPSA) is 21.3 Å². The highest BCUT2D eigenvalue weighted by atomic mass is 35.5. The summed E-state index contributed by atoms with van der Waals surface area (Å²) >= 11 is 5.86. The Balaban J connectivity index is 2.00. The van der Waals surface area contributed by atoms with Gasteiger partial charge in [0.05, 0.1) is 6.61 Å². The van der Waals surface area contributed by atoms with Crippen molar-refractivity contribution in [1.82, 2.24) is 0 Å². The van der Waals surface area contributed by atoms with Gasteiger partial charge in [0.25, 0.3) is 0 Å². The number of para-hydroxylation sites is 1. The lowest BCUT2D eigenvalue weighted by molar-refractivity contribution is 0.314. The zero-order valence-electron chi connectivity index (χ0n) is 11.0. The van der Waals surface area contributed by atoms with Crippen LogP contribution < -0.4 is 10.1 Å². The minimum atomic E-state index is 0.738. The van der Waals surface area contributed by atoms with Crippen LogP contribution in [0.1, 0.15) is 18.9 Å². The molecule has 2 rings (SSSR count). The molecule has 2 nitrogen and oxygen atoms in total. The summed E-state index contributed by atoms with van der Waals surface area (Å²) < 4.78 is 5.73. The molecule has 3 heteroatoms. The molecule has 100 valence electrons. The van der Waals surface area contributed by atoms with Crippen molar-refractivity contribution in [3.05, 3.63) is 59.1 Å². The van der Waals surface area contributed by atoms with Crippen LogP contribution in [-0.2, 0) is 6.54 Å².